The van der Waals surface area contributed by atoms with E-state index in [1.807, 2.05) is 17.5 Å². The van der Waals surface area contributed by atoms with Gasteiger partial charge in [0.25, 0.3) is 5.91 Å². The maximum atomic E-state index is 12.2. The molecule has 0 aromatic carbocycles. The summed E-state index contributed by atoms with van der Waals surface area (Å²) in [6, 6.07) is 7.53. The summed E-state index contributed by atoms with van der Waals surface area (Å²) in [4.78, 5) is 19.1. The van der Waals surface area contributed by atoms with Gasteiger partial charge in [-0.15, -0.1) is 11.3 Å². The first-order chi connectivity index (χ1) is 8.18. The Hall–Kier alpha value is -1.20. The van der Waals surface area contributed by atoms with E-state index in [1.54, 1.807) is 41.6 Å². The van der Waals surface area contributed by atoms with Crippen molar-refractivity contribution in [3.63, 3.8) is 0 Å². The maximum absolute atomic E-state index is 12.2. The van der Waals surface area contributed by atoms with E-state index in [2.05, 4.69) is 20.9 Å². The fourth-order valence-electron chi connectivity index (χ4n) is 1.46. The Bertz CT molecular complexity index is 513. The van der Waals surface area contributed by atoms with Crippen molar-refractivity contribution in [2.45, 2.75) is 6.54 Å². The average Bonchev–Trinajstić information content (AvgIpc) is 2.81. The van der Waals surface area contributed by atoms with E-state index in [-0.39, 0.29) is 5.91 Å². The van der Waals surface area contributed by atoms with Crippen LogP contribution in [-0.4, -0.2) is 22.8 Å². The fourth-order valence-corrected chi connectivity index (χ4v) is 2.64. The Kier molecular flexibility index (Phi) is 3.91. The van der Waals surface area contributed by atoms with E-state index in [0.717, 1.165) is 0 Å². The Morgan fingerprint density at radius 2 is 2.29 bits per heavy atom. The number of nitrogens with zero attached hydrogens (tertiary/aromatic N) is 2. The number of hydrogen-bond acceptors (Lipinski definition) is 3. The van der Waals surface area contributed by atoms with Crippen LogP contribution in [0.2, 0.25) is 0 Å². The molecule has 0 saturated heterocycles. The van der Waals surface area contributed by atoms with E-state index < -0.39 is 0 Å². The molecule has 2 rings (SSSR count). The van der Waals surface area contributed by atoms with Crippen LogP contribution >= 0.6 is 27.3 Å². The molecule has 2 aromatic rings. The summed E-state index contributed by atoms with van der Waals surface area (Å²) in [5, 5.41) is 2.01. The lowest BCUT2D eigenvalue weighted by molar-refractivity contribution is 0.0785. The van der Waals surface area contributed by atoms with Crippen LogP contribution < -0.4 is 0 Å². The Morgan fingerprint density at radius 3 is 2.94 bits per heavy atom. The zero-order chi connectivity index (χ0) is 12.3. The number of thiophene rings is 1. The van der Waals surface area contributed by atoms with Crippen LogP contribution in [0.4, 0.5) is 0 Å². The molecule has 0 fully saturated rings. The number of carbonyl (C=O) groups is 1. The molecule has 1 amide bonds. The monoisotopic (exact) mass is 310 g/mol. The Balaban J connectivity index is 2.13. The second kappa shape index (κ2) is 5.42. The van der Waals surface area contributed by atoms with Crippen molar-refractivity contribution in [2.24, 2.45) is 0 Å². The molecule has 0 atom stereocenters. The molecular formula is C12H11BrN2OS. The Labute approximate surface area is 112 Å². The van der Waals surface area contributed by atoms with Crippen LogP contribution in [0.1, 0.15) is 15.2 Å². The first-order valence-electron chi connectivity index (χ1n) is 5.07. The highest BCUT2D eigenvalue weighted by molar-refractivity contribution is 9.10. The van der Waals surface area contributed by atoms with Gasteiger partial charge in [0.05, 0.1) is 12.1 Å². The molecule has 3 nitrogen and oxygen atoms in total. The number of carbonyl (C=O) groups excluding carboxylic acids is 1. The average molecular weight is 311 g/mol. The minimum atomic E-state index is -0.0293. The molecule has 0 spiro atoms. The summed E-state index contributed by atoms with van der Waals surface area (Å²) in [6.45, 7) is 0.623. The molecular weight excluding hydrogens is 300 g/mol. The molecule has 0 radical (unpaired) electrons. The van der Waals surface area contributed by atoms with Crippen molar-refractivity contribution in [3.05, 3.63) is 50.9 Å². The third-order valence-electron chi connectivity index (χ3n) is 2.31. The quantitative estimate of drug-likeness (QED) is 0.816. The molecule has 17 heavy (non-hydrogen) atoms. The predicted molar refractivity (Wildman–Crippen MR) is 72.1 cm³/mol. The third kappa shape index (κ3) is 2.92. The minimum Gasteiger partial charge on any atom is -0.336 e. The topological polar surface area (TPSA) is 33.2 Å². The number of rotatable bonds is 3. The van der Waals surface area contributed by atoms with Gasteiger partial charge in [-0.2, -0.15) is 0 Å². The number of halogens is 1. The van der Waals surface area contributed by atoms with Crippen LogP contribution in [0.15, 0.2) is 40.4 Å². The predicted octanol–water partition coefficient (Wildman–Crippen LogP) is 3.18. The standard InChI is InChI=1S/C12H11BrN2OS/c1-15(8-9-4-3-7-17-9)12(16)10-5-2-6-14-11(10)13/h2-7H,8H2,1H3. The SMILES string of the molecule is CN(Cc1cccs1)C(=O)c1cccnc1Br. The molecule has 2 aromatic heterocycles. The highest BCUT2D eigenvalue weighted by atomic mass is 79.9. The smallest absolute Gasteiger partial charge is 0.256 e. The molecule has 0 aliphatic rings. The van der Waals surface area contributed by atoms with Gasteiger partial charge >= 0.3 is 0 Å². The molecule has 0 aliphatic carbocycles. The molecule has 88 valence electrons. The lowest BCUT2D eigenvalue weighted by atomic mass is 10.2. The van der Waals surface area contributed by atoms with Crippen molar-refractivity contribution in [1.82, 2.24) is 9.88 Å². The highest BCUT2D eigenvalue weighted by Gasteiger charge is 2.15. The molecule has 0 unspecified atom stereocenters. The first kappa shape index (κ1) is 12.3. The van der Waals surface area contributed by atoms with Crippen LogP contribution in [0.5, 0.6) is 0 Å². The lowest BCUT2D eigenvalue weighted by Gasteiger charge is -2.16. The second-order valence-corrected chi connectivity index (χ2v) is 5.37. The second-order valence-electron chi connectivity index (χ2n) is 3.58. The summed E-state index contributed by atoms with van der Waals surface area (Å²) >= 11 is 4.93. The largest absolute Gasteiger partial charge is 0.336 e. The van der Waals surface area contributed by atoms with Gasteiger partial charge in [0.15, 0.2) is 0 Å². The van der Waals surface area contributed by atoms with Crippen LogP contribution in [0.3, 0.4) is 0 Å². The summed E-state index contributed by atoms with van der Waals surface area (Å²) in [6.07, 6.45) is 1.65. The van der Waals surface area contributed by atoms with Gasteiger partial charge in [-0.05, 0) is 39.5 Å². The van der Waals surface area contributed by atoms with E-state index in [9.17, 15) is 4.79 Å². The van der Waals surface area contributed by atoms with Crippen molar-refractivity contribution in [3.8, 4) is 0 Å². The zero-order valence-electron chi connectivity index (χ0n) is 9.26. The van der Waals surface area contributed by atoms with Gasteiger partial charge in [-0.25, -0.2) is 4.98 Å². The summed E-state index contributed by atoms with van der Waals surface area (Å²) in [5.41, 5.74) is 0.589. The van der Waals surface area contributed by atoms with Crippen LogP contribution in [0, 0.1) is 0 Å². The van der Waals surface area contributed by atoms with Gasteiger partial charge in [0.1, 0.15) is 4.60 Å². The summed E-state index contributed by atoms with van der Waals surface area (Å²) in [7, 11) is 1.79. The van der Waals surface area contributed by atoms with E-state index >= 15 is 0 Å². The molecule has 2 heterocycles. The van der Waals surface area contributed by atoms with Crippen LogP contribution in [0.25, 0.3) is 0 Å². The summed E-state index contributed by atoms with van der Waals surface area (Å²) in [5.74, 6) is -0.0293. The van der Waals surface area contributed by atoms with Crippen LogP contribution in [-0.2, 0) is 6.54 Å². The number of hydrogen-bond donors (Lipinski definition) is 0. The number of aromatic nitrogens is 1. The van der Waals surface area contributed by atoms with E-state index in [0.29, 0.717) is 16.7 Å². The molecule has 0 N–H and O–H groups in total. The molecule has 0 bridgehead atoms. The number of pyridine rings is 1. The third-order valence-corrected chi connectivity index (χ3v) is 3.80. The van der Waals surface area contributed by atoms with E-state index in [1.165, 1.54) is 4.88 Å². The van der Waals surface area contributed by atoms with Gasteiger partial charge in [0, 0.05) is 18.1 Å². The van der Waals surface area contributed by atoms with Gasteiger partial charge in [-0.1, -0.05) is 6.07 Å². The highest BCUT2D eigenvalue weighted by Crippen LogP contribution is 2.17. The van der Waals surface area contributed by atoms with Gasteiger partial charge < -0.3 is 4.90 Å². The first-order valence-corrected chi connectivity index (χ1v) is 6.74. The summed E-state index contributed by atoms with van der Waals surface area (Å²) < 4.78 is 0.586. The molecule has 0 saturated carbocycles. The Morgan fingerprint density at radius 1 is 1.47 bits per heavy atom. The maximum Gasteiger partial charge on any atom is 0.256 e. The molecule has 5 heteroatoms. The van der Waals surface area contributed by atoms with Crippen molar-refractivity contribution in [1.29, 1.82) is 0 Å². The fraction of sp³-hybridized carbons (Fsp3) is 0.167. The molecule has 0 aliphatic heterocycles. The normalized spacial score (nSPS) is 10.2. The van der Waals surface area contributed by atoms with Crippen molar-refractivity contribution >= 4 is 33.2 Å². The van der Waals surface area contributed by atoms with Crippen molar-refractivity contribution in [2.75, 3.05) is 7.05 Å². The lowest BCUT2D eigenvalue weighted by Crippen LogP contribution is -2.26. The van der Waals surface area contributed by atoms with Crippen molar-refractivity contribution < 1.29 is 4.79 Å². The minimum absolute atomic E-state index is 0.0293. The number of amides is 1. The zero-order valence-corrected chi connectivity index (χ0v) is 11.7. The van der Waals surface area contributed by atoms with E-state index in [4.69, 9.17) is 0 Å². The van der Waals surface area contributed by atoms with Gasteiger partial charge in [0.2, 0.25) is 0 Å². The van der Waals surface area contributed by atoms with Gasteiger partial charge in [-0.3, -0.25) is 4.79 Å².